The van der Waals surface area contributed by atoms with Gasteiger partial charge in [0, 0.05) is 31.4 Å². The first-order valence-electron chi connectivity index (χ1n) is 7.34. The van der Waals surface area contributed by atoms with Crippen LogP contribution in [0.1, 0.15) is 45.6 Å². The second-order valence-corrected chi connectivity index (χ2v) is 6.32. The van der Waals surface area contributed by atoms with Crippen LogP contribution in [0.25, 0.3) is 0 Å². The molecule has 106 valence electrons. The largest absolute Gasteiger partial charge is 0.356 e. The molecule has 0 radical (unpaired) electrons. The number of nitrogens with zero attached hydrogens (tertiary/aromatic N) is 3. The fraction of sp³-hybridized carbons (Fsp3) is 0.733. The van der Waals surface area contributed by atoms with Crippen LogP contribution in [0.3, 0.4) is 0 Å². The van der Waals surface area contributed by atoms with E-state index in [1.807, 2.05) is 6.20 Å². The number of rotatable bonds is 4. The van der Waals surface area contributed by atoms with Crippen molar-refractivity contribution in [3.63, 3.8) is 0 Å². The van der Waals surface area contributed by atoms with Gasteiger partial charge in [-0.1, -0.05) is 20.8 Å². The van der Waals surface area contributed by atoms with E-state index in [2.05, 4.69) is 42.9 Å². The Labute approximate surface area is 116 Å². The molecular formula is C15H26N4. The average Bonchev–Trinajstić information content (AvgIpc) is 2.36. The highest BCUT2D eigenvalue weighted by Gasteiger charge is 2.27. The van der Waals surface area contributed by atoms with E-state index in [4.69, 9.17) is 4.98 Å². The van der Waals surface area contributed by atoms with Crippen LogP contribution in [0.5, 0.6) is 0 Å². The summed E-state index contributed by atoms with van der Waals surface area (Å²) < 4.78 is 0. The van der Waals surface area contributed by atoms with Crippen LogP contribution in [0.4, 0.5) is 11.8 Å². The van der Waals surface area contributed by atoms with E-state index in [9.17, 15) is 0 Å². The van der Waals surface area contributed by atoms with Gasteiger partial charge >= 0.3 is 0 Å². The van der Waals surface area contributed by atoms with E-state index in [1.165, 1.54) is 18.4 Å². The molecule has 1 aromatic heterocycles. The molecule has 0 aromatic carbocycles. The highest BCUT2D eigenvalue weighted by atomic mass is 15.2. The number of aryl methyl sites for hydroxylation is 1. The zero-order chi connectivity index (χ0) is 13.9. The van der Waals surface area contributed by atoms with E-state index in [-0.39, 0.29) is 0 Å². The molecule has 0 atom stereocenters. The van der Waals surface area contributed by atoms with Gasteiger partial charge < -0.3 is 10.2 Å². The summed E-state index contributed by atoms with van der Waals surface area (Å²) >= 11 is 0. The summed E-state index contributed by atoms with van der Waals surface area (Å²) in [5.74, 6) is 1.85. The molecule has 1 fully saturated rings. The summed E-state index contributed by atoms with van der Waals surface area (Å²) in [6, 6.07) is 0. The number of hydrogen-bond acceptors (Lipinski definition) is 4. The predicted molar refractivity (Wildman–Crippen MR) is 80.8 cm³/mol. The first kappa shape index (κ1) is 14.1. The summed E-state index contributed by atoms with van der Waals surface area (Å²) in [6.07, 6.45) is 5.56. The van der Waals surface area contributed by atoms with Crippen LogP contribution < -0.4 is 10.2 Å². The third-order valence-electron chi connectivity index (χ3n) is 3.68. The van der Waals surface area contributed by atoms with Crippen LogP contribution in [0.2, 0.25) is 0 Å². The van der Waals surface area contributed by atoms with Gasteiger partial charge in [-0.3, -0.25) is 0 Å². The van der Waals surface area contributed by atoms with Gasteiger partial charge in [-0.2, -0.15) is 4.98 Å². The van der Waals surface area contributed by atoms with Crippen molar-refractivity contribution in [1.82, 2.24) is 9.97 Å². The molecule has 2 heterocycles. The Morgan fingerprint density at radius 3 is 2.89 bits per heavy atom. The SMILES string of the molecule is CCCNc1ncc(C)c(N2CCCC(C)(C)C2)n1. The third-order valence-corrected chi connectivity index (χ3v) is 3.68. The van der Waals surface area contributed by atoms with Crippen LogP contribution in [0.15, 0.2) is 6.20 Å². The second-order valence-electron chi connectivity index (χ2n) is 6.32. The molecule has 0 unspecified atom stereocenters. The number of piperidine rings is 1. The molecular weight excluding hydrogens is 236 g/mol. The van der Waals surface area contributed by atoms with Crippen molar-refractivity contribution < 1.29 is 0 Å². The molecule has 1 aliphatic heterocycles. The Kier molecular flexibility index (Phi) is 4.27. The molecule has 0 bridgehead atoms. The lowest BCUT2D eigenvalue weighted by molar-refractivity contribution is 0.292. The first-order valence-corrected chi connectivity index (χ1v) is 7.34. The van der Waals surface area contributed by atoms with Gasteiger partial charge in [0.25, 0.3) is 0 Å². The molecule has 4 heteroatoms. The number of aromatic nitrogens is 2. The summed E-state index contributed by atoms with van der Waals surface area (Å²) in [5, 5.41) is 3.27. The molecule has 1 aliphatic rings. The van der Waals surface area contributed by atoms with Crippen molar-refractivity contribution in [1.29, 1.82) is 0 Å². The first-order chi connectivity index (χ1) is 9.02. The fourth-order valence-electron chi connectivity index (χ4n) is 2.68. The fourth-order valence-corrected chi connectivity index (χ4v) is 2.68. The lowest BCUT2D eigenvalue weighted by Gasteiger charge is -2.39. The summed E-state index contributed by atoms with van der Waals surface area (Å²) in [4.78, 5) is 11.5. The van der Waals surface area contributed by atoms with Gasteiger partial charge in [-0.15, -0.1) is 0 Å². The smallest absolute Gasteiger partial charge is 0.224 e. The lowest BCUT2D eigenvalue weighted by Crippen LogP contribution is -2.41. The van der Waals surface area contributed by atoms with Crippen molar-refractivity contribution in [2.45, 2.75) is 47.0 Å². The monoisotopic (exact) mass is 262 g/mol. The van der Waals surface area contributed by atoms with Gasteiger partial charge in [-0.05, 0) is 31.6 Å². The molecule has 1 aromatic rings. The quantitative estimate of drug-likeness (QED) is 0.904. The topological polar surface area (TPSA) is 41.1 Å². The van der Waals surface area contributed by atoms with E-state index in [0.717, 1.165) is 37.8 Å². The van der Waals surface area contributed by atoms with Crippen LogP contribution in [-0.4, -0.2) is 29.6 Å². The molecule has 2 rings (SSSR count). The van der Waals surface area contributed by atoms with E-state index >= 15 is 0 Å². The summed E-state index contributed by atoms with van der Waals surface area (Å²) in [5.41, 5.74) is 1.55. The maximum atomic E-state index is 4.70. The zero-order valence-corrected chi connectivity index (χ0v) is 12.7. The van der Waals surface area contributed by atoms with Crippen molar-refractivity contribution in [3.8, 4) is 0 Å². The molecule has 0 saturated carbocycles. The van der Waals surface area contributed by atoms with Gasteiger partial charge in [0.1, 0.15) is 5.82 Å². The molecule has 4 nitrogen and oxygen atoms in total. The van der Waals surface area contributed by atoms with Crippen molar-refractivity contribution in [3.05, 3.63) is 11.8 Å². The number of hydrogen-bond donors (Lipinski definition) is 1. The third kappa shape index (κ3) is 3.58. The van der Waals surface area contributed by atoms with Gasteiger partial charge in [0.15, 0.2) is 0 Å². The van der Waals surface area contributed by atoms with Crippen LogP contribution in [-0.2, 0) is 0 Å². The molecule has 1 saturated heterocycles. The molecule has 0 aliphatic carbocycles. The maximum Gasteiger partial charge on any atom is 0.224 e. The minimum atomic E-state index is 0.382. The molecule has 0 spiro atoms. The van der Waals surface area contributed by atoms with E-state index in [1.54, 1.807) is 0 Å². The number of nitrogens with one attached hydrogen (secondary N) is 1. The van der Waals surface area contributed by atoms with Gasteiger partial charge in [0.2, 0.25) is 5.95 Å². The van der Waals surface area contributed by atoms with Gasteiger partial charge in [0.05, 0.1) is 0 Å². The molecule has 1 N–H and O–H groups in total. The Morgan fingerprint density at radius 1 is 1.42 bits per heavy atom. The second kappa shape index (κ2) is 5.76. The van der Waals surface area contributed by atoms with E-state index < -0.39 is 0 Å². The standard InChI is InChI=1S/C15H26N4/c1-5-8-16-14-17-10-12(2)13(18-14)19-9-6-7-15(3,4)11-19/h10H,5-9,11H2,1-4H3,(H,16,17,18). The number of anilines is 2. The Hall–Kier alpha value is -1.32. The average molecular weight is 262 g/mol. The Bertz CT molecular complexity index is 428. The van der Waals surface area contributed by atoms with E-state index in [0.29, 0.717) is 5.41 Å². The highest BCUT2D eigenvalue weighted by Crippen LogP contribution is 2.32. The Morgan fingerprint density at radius 2 is 2.21 bits per heavy atom. The van der Waals surface area contributed by atoms with Crippen molar-refractivity contribution >= 4 is 11.8 Å². The Balaban J connectivity index is 2.18. The minimum Gasteiger partial charge on any atom is -0.356 e. The van der Waals surface area contributed by atoms with Crippen molar-refractivity contribution in [2.24, 2.45) is 5.41 Å². The summed E-state index contributed by atoms with van der Waals surface area (Å²) in [7, 11) is 0. The zero-order valence-electron chi connectivity index (χ0n) is 12.7. The van der Waals surface area contributed by atoms with Crippen molar-refractivity contribution in [2.75, 3.05) is 29.9 Å². The lowest BCUT2D eigenvalue weighted by atomic mass is 9.84. The maximum absolute atomic E-state index is 4.70. The highest BCUT2D eigenvalue weighted by molar-refractivity contribution is 5.49. The molecule has 0 amide bonds. The molecule has 19 heavy (non-hydrogen) atoms. The van der Waals surface area contributed by atoms with Crippen LogP contribution >= 0.6 is 0 Å². The minimum absolute atomic E-state index is 0.382. The van der Waals surface area contributed by atoms with Crippen LogP contribution in [0, 0.1) is 12.3 Å². The summed E-state index contributed by atoms with van der Waals surface area (Å²) in [6.45, 7) is 12.0. The normalized spacial score (nSPS) is 18.4. The van der Waals surface area contributed by atoms with Gasteiger partial charge in [-0.25, -0.2) is 4.98 Å². The predicted octanol–water partition coefficient (Wildman–Crippen LogP) is 3.23.